The van der Waals surface area contributed by atoms with Crippen LogP contribution in [0.4, 0.5) is 4.39 Å². The molecule has 0 radical (unpaired) electrons. The van der Waals surface area contributed by atoms with E-state index in [0.29, 0.717) is 23.1 Å². The van der Waals surface area contributed by atoms with Crippen LogP contribution < -0.4 is 11.2 Å². The number of nitrogens with zero attached hydrogens (tertiary/aromatic N) is 3. The topological polar surface area (TPSA) is 85.8 Å². The summed E-state index contributed by atoms with van der Waals surface area (Å²) in [7, 11) is 0. The summed E-state index contributed by atoms with van der Waals surface area (Å²) in [5.41, 5.74) is 1.69. The summed E-state index contributed by atoms with van der Waals surface area (Å²) < 4.78 is 14.7. The number of nitrogens with one attached hydrogen (secondary N) is 1. The lowest BCUT2D eigenvalue weighted by atomic mass is 10.1. The van der Waals surface area contributed by atoms with Gasteiger partial charge in [-0.3, -0.25) is 4.79 Å². The highest BCUT2D eigenvalue weighted by atomic mass is 32.2. The summed E-state index contributed by atoms with van der Waals surface area (Å²) in [5, 5.41) is 10.9. The summed E-state index contributed by atoms with van der Waals surface area (Å²) in [5.74, 6) is 5.88. The van der Waals surface area contributed by atoms with Crippen LogP contribution >= 0.6 is 11.8 Å². The predicted molar refractivity (Wildman–Crippen MR) is 104 cm³/mol. The molecule has 0 unspecified atom stereocenters. The van der Waals surface area contributed by atoms with Gasteiger partial charge in [0.1, 0.15) is 5.82 Å². The van der Waals surface area contributed by atoms with E-state index in [1.54, 1.807) is 19.1 Å². The van der Waals surface area contributed by atoms with E-state index in [2.05, 4.69) is 15.5 Å². The lowest BCUT2D eigenvalue weighted by Gasteiger charge is -2.11. The second-order valence-electron chi connectivity index (χ2n) is 5.97. The van der Waals surface area contributed by atoms with Crippen molar-refractivity contribution in [1.29, 1.82) is 0 Å². The van der Waals surface area contributed by atoms with Crippen LogP contribution in [0.25, 0.3) is 11.4 Å². The summed E-state index contributed by atoms with van der Waals surface area (Å²) >= 11 is 1.20. The Balaban J connectivity index is 1.57. The van der Waals surface area contributed by atoms with Gasteiger partial charge in [-0.05, 0) is 31.0 Å². The van der Waals surface area contributed by atoms with Gasteiger partial charge in [0.15, 0.2) is 5.82 Å². The van der Waals surface area contributed by atoms with E-state index in [4.69, 9.17) is 5.84 Å². The molecule has 140 valence electrons. The first-order valence-corrected chi connectivity index (χ1v) is 9.37. The first-order chi connectivity index (χ1) is 13.0. The highest BCUT2D eigenvalue weighted by molar-refractivity contribution is 8.00. The average molecular weight is 385 g/mol. The Bertz CT molecular complexity index is 915. The summed E-state index contributed by atoms with van der Waals surface area (Å²) in [6.07, 6.45) is 0.765. The Morgan fingerprint density at radius 1 is 1.22 bits per heavy atom. The molecule has 3 rings (SSSR count). The van der Waals surface area contributed by atoms with Crippen LogP contribution in [-0.2, 0) is 11.2 Å². The maximum absolute atomic E-state index is 13.4. The van der Waals surface area contributed by atoms with Crippen molar-refractivity contribution in [3.05, 3.63) is 66.0 Å². The molecule has 0 bridgehead atoms. The van der Waals surface area contributed by atoms with Gasteiger partial charge in [-0.1, -0.05) is 54.2 Å². The zero-order valence-corrected chi connectivity index (χ0v) is 15.6. The van der Waals surface area contributed by atoms with Crippen molar-refractivity contribution >= 4 is 17.7 Å². The van der Waals surface area contributed by atoms with Crippen molar-refractivity contribution in [2.45, 2.75) is 23.8 Å². The second-order valence-corrected chi connectivity index (χ2v) is 7.28. The van der Waals surface area contributed by atoms with Crippen molar-refractivity contribution in [1.82, 2.24) is 20.2 Å². The monoisotopic (exact) mass is 385 g/mol. The number of hydrogen-bond acceptors (Lipinski definition) is 5. The molecular formula is C19H20FN5OS. The third-order valence-corrected chi connectivity index (χ3v) is 5.01. The molecule has 1 heterocycles. The van der Waals surface area contributed by atoms with Gasteiger partial charge in [-0.2, -0.15) is 0 Å². The molecule has 0 saturated heterocycles. The molecule has 0 fully saturated rings. The molecule has 0 aliphatic heterocycles. The number of nitrogens with two attached hydrogens (primary N) is 1. The third kappa shape index (κ3) is 4.85. The molecule has 0 spiro atoms. The first kappa shape index (κ1) is 18.9. The van der Waals surface area contributed by atoms with Gasteiger partial charge in [-0.15, -0.1) is 10.2 Å². The standard InChI is InChI=1S/C19H20FN5OS/c1-13(18(26)22-11-10-14-6-3-2-4-7-14)27-19-24-23-17(25(19)21)15-8-5-9-16(20)12-15/h2-9,12-13H,10-11,21H2,1H3,(H,22,26)/t13-/m0/s1. The predicted octanol–water partition coefficient (Wildman–Crippen LogP) is 2.64. The van der Waals surface area contributed by atoms with Crippen molar-refractivity contribution in [3.63, 3.8) is 0 Å². The SMILES string of the molecule is C[C@H](Sc1nnc(-c2cccc(F)c2)n1N)C(=O)NCCc1ccccc1. The van der Waals surface area contributed by atoms with Crippen molar-refractivity contribution in [3.8, 4) is 11.4 Å². The van der Waals surface area contributed by atoms with Gasteiger partial charge in [-0.25, -0.2) is 9.07 Å². The van der Waals surface area contributed by atoms with Gasteiger partial charge >= 0.3 is 0 Å². The molecule has 2 aromatic carbocycles. The summed E-state index contributed by atoms with van der Waals surface area (Å²) in [4.78, 5) is 12.3. The number of aromatic nitrogens is 3. The number of benzene rings is 2. The maximum atomic E-state index is 13.4. The van der Waals surface area contributed by atoms with Crippen molar-refractivity contribution < 1.29 is 9.18 Å². The molecule has 1 atom stereocenters. The van der Waals surface area contributed by atoms with Gasteiger partial charge in [0, 0.05) is 12.1 Å². The smallest absolute Gasteiger partial charge is 0.233 e. The number of halogens is 1. The fraction of sp³-hybridized carbons (Fsp3) is 0.211. The van der Waals surface area contributed by atoms with Crippen molar-refractivity contribution in [2.75, 3.05) is 12.4 Å². The molecule has 0 aliphatic rings. The summed E-state index contributed by atoms with van der Waals surface area (Å²) in [6.45, 7) is 2.33. The van der Waals surface area contributed by atoms with Crippen LogP contribution in [0.5, 0.6) is 0 Å². The third-order valence-electron chi connectivity index (χ3n) is 3.95. The van der Waals surface area contributed by atoms with Crippen LogP contribution in [0.1, 0.15) is 12.5 Å². The number of thioether (sulfide) groups is 1. The van der Waals surface area contributed by atoms with Gasteiger partial charge in [0.2, 0.25) is 11.1 Å². The fourth-order valence-corrected chi connectivity index (χ4v) is 3.31. The number of hydrogen-bond donors (Lipinski definition) is 2. The normalized spacial score (nSPS) is 11.9. The van der Waals surface area contributed by atoms with E-state index < -0.39 is 5.25 Å². The van der Waals surface area contributed by atoms with E-state index in [0.717, 1.165) is 6.42 Å². The minimum absolute atomic E-state index is 0.105. The molecule has 6 nitrogen and oxygen atoms in total. The molecule has 1 amide bonds. The molecule has 1 aromatic heterocycles. The Morgan fingerprint density at radius 3 is 2.74 bits per heavy atom. The Morgan fingerprint density at radius 2 is 2.00 bits per heavy atom. The average Bonchev–Trinajstić information content (AvgIpc) is 3.03. The second kappa shape index (κ2) is 8.68. The van der Waals surface area contributed by atoms with Crippen LogP contribution in [0.2, 0.25) is 0 Å². The molecule has 3 N–H and O–H groups in total. The lowest BCUT2D eigenvalue weighted by molar-refractivity contribution is -0.120. The van der Waals surface area contributed by atoms with Crippen LogP contribution in [0, 0.1) is 5.82 Å². The van der Waals surface area contributed by atoms with Crippen LogP contribution in [0.3, 0.4) is 0 Å². The number of nitrogen functional groups attached to an aromatic ring is 1. The molecule has 0 aliphatic carbocycles. The van der Waals surface area contributed by atoms with Gasteiger partial charge < -0.3 is 11.2 Å². The van der Waals surface area contributed by atoms with E-state index in [1.165, 1.54) is 34.1 Å². The van der Waals surface area contributed by atoms with Gasteiger partial charge in [0.05, 0.1) is 5.25 Å². The first-order valence-electron chi connectivity index (χ1n) is 8.49. The van der Waals surface area contributed by atoms with Gasteiger partial charge in [0.25, 0.3) is 0 Å². The molecule has 3 aromatic rings. The zero-order valence-electron chi connectivity index (χ0n) is 14.8. The number of carbonyl (C=O) groups is 1. The number of rotatable bonds is 7. The van der Waals surface area contributed by atoms with Crippen molar-refractivity contribution in [2.24, 2.45) is 0 Å². The molecule has 27 heavy (non-hydrogen) atoms. The minimum atomic E-state index is -0.396. The van der Waals surface area contributed by atoms with E-state index in [1.807, 2.05) is 30.3 Å². The Kier molecular flexibility index (Phi) is 6.08. The van der Waals surface area contributed by atoms with E-state index >= 15 is 0 Å². The quantitative estimate of drug-likeness (QED) is 0.482. The molecule has 0 saturated carbocycles. The highest BCUT2D eigenvalue weighted by Gasteiger charge is 2.19. The van der Waals surface area contributed by atoms with E-state index in [9.17, 15) is 9.18 Å². The number of amides is 1. The number of carbonyl (C=O) groups excluding carboxylic acids is 1. The highest BCUT2D eigenvalue weighted by Crippen LogP contribution is 2.25. The molecule has 8 heteroatoms. The Labute approximate surface area is 161 Å². The van der Waals surface area contributed by atoms with Crippen LogP contribution in [0.15, 0.2) is 59.8 Å². The zero-order chi connectivity index (χ0) is 19.2. The maximum Gasteiger partial charge on any atom is 0.233 e. The fourth-order valence-electron chi connectivity index (χ4n) is 2.51. The van der Waals surface area contributed by atoms with Crippen LogP contribution in [-0.4, -0.2) is 32.6 Å². The largest absolute Gasteiger partial charge is 0.355 e. The minimum Gasteiger partial charge on any atom is -0.355 e. The Hall–Kier alpha value is -2.87. The lowest BCUT2D eigenvalue weighted by Crippen LogP contribution is -2.32. The summed E-state index contributed by atoms with van der Waals surface area (Å²) in [6, 6.07) is 15.9. The molecular weight excluding hydrogens is 365 g/mol. The van der Waals surface area contributed by atoms with E-state index in [-0.39, 0.29) is 11.7 Å².